The number of sulfone groups is 1. The van der Waals surface area contributed by atoms with Crippen molar-refractivity contribution in [2.24, 2.45) is 5.16 Å². The molecule has 0 aliphatic carbocycles. The Balaban J connectivity index is 1.57. The number of nitrogens with zero attached hydrogens (tertiary/aromatic N) is 2. The minimum absolute atomic E-state index is 0.00686. The molecule has 1 heterocycles. The van der Waals surface area contributed by atoms with Gasteiger partial charge in [0.1, 0.15) is 0 Å². The van der Waals surface area contributed by atoms with Crippen molar-refractivity contribution in [3.05, 3.63) is 101 Å². The predicted octanol–water partition coefficient (Wildman–Crippen LogP) is 7.07. The maximum absolute atomic E-state index is 13.6. The van der Waals surface area contributed by atoms with E-state index in [0.29, 0.717) is 17.1 Å². The Morgan fingerprint density at radius 2 is 1.50 bits per heavy atom. The van der Waals surface area contributed by atoms with Gasteiger partial charge in [0.25, 0.3) is 0 Å². The van der Waals surface area contributed by atoms with Gasteiger partial charge in [-0.1, -0.05) is 48.0 Å². The van der Waals surface area contributed by atoms with Gasteiger partial charge in [0.2, 0.25) is 15.6 Å². The normalized spacial score (nSPS) is 12.2. The number of oxime groups is 1. The predicted molar refractivity (Wildman–Crippen MR) is 172 cm³/mol. The van der Waals surface area contributed by atoms with E-state index >= 15 is 0 Å². The lowest BCUT2D eigenvalue weighted by atomic mass is 10.0. The zero-order valence-corrected chi connectivity index (χ0v) is 26.2. The molecule has 0 unspecified atom stereocenters. The molecule has 44 heavy (non-hydrogen) atoms. The topological polar surface area (TPSA) is 104 Å². The molecule has 0 saturated carbocycles. The fourth-order valence-electron chi connectivity index (χ4n) is 5.61. The number of Topliss-reactive ketones (excluding diaryl/α,β-unsaturated/α-hetero) is 1. The number of hydrogen-bond donors (Lipinski definition) is 0. The van der Waals surface area contributed by atoms with Gasteiger partial charge in [0.05, 0.1) is 27.4 Å². The van der Waals surface area contributed by atoms with E-state index in [1.807, 2.05) is 74.7 Å². The molecule has 0 saturated heterocycles. The lowest BCUT2D eigenvalue weighted by Gasteiger charge is -2.13. The van der Waals surface area contributed by atoms with Crippen LogP contribution in [0.15, 0.2) is 93.8 Å². The second-order valence-corrected chi connectivity index (χ2v) is 12.7. The third-order valence-corrected chi connectivity index (χ3v) is 9.42. The van der Waals surface area contributed by atoms with Gasteiger partial charge in [0.15, 0.2) is 5.71 Å². The van der Waals surface area contributed by atoms with Crippen LogP contribution in [0.5, 0.6) is 0 Å². The van der Waals surface area contributed by atoms with Crippen LogP contribution >= 0.6 is 0 Å². The second kappa shape index (κ2) is 12.6. The van der Waals surface area contributed by atoms with E-state index in [1.165, 1.54) is 6.92 Å². The first kappa shape index (κ1) is 30.8. The van der Waals surface area contributed by atoms with Gasteiger partial charge in [-0.2, -0.15) is 0 Å². The Kier molecular flexibility index (Phi) is 8.80. The van der Waals surface area contributed by atoms with Crippen molar-refractivity contribution in [3.8, 4) is 5.69 Å². The highest BCUT2D eigenvalue weighted by Gasteiger charge is 2.23. The molecular weight excluding hydrogens is 576 g/mol. The quantitative estimate of drug-likeness (QED) is 0.0551. The highest BCUT2D eigenvalue weighted by Crippen LogP contribution is 2.34. The summed E-state index contributed by atoms with van der Waals surface area (Å²) in [6.45, 7) is 9.11. The summed E-state index contributed by atoms with van der Waals surface area (Å²) in [4.78, 5) is 30.2. The minimum atomic E-state index is -3.73. The van der Waals surface area contributed by atoms with Gasteiger partial charge in [-0.3, -0.25) is 4.79 Å². The Hall–Kier alpha value is -4.60. The van der Waals surface area contributed by atoms with Crippen LogP contribution in [-0.4, -0.2) is 43.7 Å². The second-order valence-electron chi connectivity index (χ2n) is 10.8. The van der Waals surface area contributed by atoms with Gasteiger partial charge >= 0.3 is 5.97 Å². The van der Waals surface area contributed by atoms with Crippen molar-refractivity contribution in [1.29, 1.82) is 0 Å². The molecule has 0 N–H and O–H groups in total. The minimum Gasteiger partial charge on any atom is -0.375 e. The number of benzene rings is 4. The summed E-state index contributed by atoms with van der Waals surface area (Å²) in [6.07, 6.45) is 0.763. The number of carbonyl (C=O) groups excluding carboxylic acids is 2. The number of hydrogen-bond acceptors (Lipinski definition) is 7. The monoisotopic (exact) mass is 610 g/mol. The fraction of sp³-hybridized carbons (Fsp3) is 0.229. The van der Waals surface area contributed by atoms with Crippen molar-refractivity contribution < 1.29 is 27.6 Å². The molecule has 1 aromatic heterocycles. The lowest BCUT2D eigenvalue weighted by molar-refractivity contribution is -0.140. The maximum atomic E-state index is 13.6. The number of ether oxygens (including phenoxy) is 1. The fourth-order valence-corrected chi connectivity index (χ4v) is 7.30. The van der Waals surface area contributed by atoms with Gasteiger partial charge in [0, 0.05) is 35.6 Å². The van der Waals surface area contributed by atoms with Crippen LogP contribution in [-0.2, 0) is 24.2 Å². The molecule has 9 heteroatoms. The molecule has 226 valence electrons. The number of ketones is 1. The van der Waals surface area contributed by atoms with Gasteiger partial charge < -0.3 is 14.1 Å². The number of aryl methyl sites for hydroxylation is 3. The largest absolute Gasteiger partial charge is 0.375 e. The summed E-state index contributed by atoms with van der Waals surface area (Å²) in [6, 6.07) is 23.8. The molecule has 0 radical (unpaired) electrons. The molecule has 0 atom stereocenters. The first-order valence-electron chi connectivity index (χ1n) is 14.4. The maximum Gasteiger partial charge on any atom is 0.331 e. The van der Waals surface area contributed by atoms with Crippen molar-refractivity contribution in [2.75, 3.05) is 13.2 Å². The molecule has 5 rings (SSSR count). The molecule has 0 spiro atoms. The highest BCUT2D eigenvalue weighted by atomic mass is 32.2. The zero-order valence-electron chi connectivity index (χ0n) is 25.4. The Labute approximate surface area is 256 Å². The first-order chi connectivity index (χ1) is 21.0. The van der Waals surface area contributed by atoms with Crippen LogP contribution in [0.3, 0.4) is 0 Å². The van der Waals surface area contributed by atoms with E-state index in [9.17, 15) is 18.0 Å². The number of para-hydroxylation sites is 1. The highest BCUT2D eigenvalue weighted by molar-refractivity contribution is 7.91. The van der Waals surface area contributed by atoms with Crippen molar-refractivity contribution >= 4 is 49.1 Å². The Morgan fingerprint density at radius 3 is 2.16 bits per heavy atom. The SMILES string of the molecule is CCCOCC(=NOC(C)=O)C(=O)c1ccc2c(c1)c1ccccc1n2-c1ccc(S(=O)(=O)c2c(C)cc(C)cc2C)cc1. The summed E-state index contributed by atoms with van der Waals surface area (Å²) in [5.41, 5.74) is 5.33. The summed E-state index contributed by atoms with van der Waals surface area (Å²) in [5.74, 6) is -1.04. The number of carbonyl (C=O) groups is 2. The summed E-state index contributed by atoms with van der Waals surface area (Å²) < 4.78 is 34.9. The average Bonchev–Trinajstić information content (AvgIpc) is 3.31. The molecule has 8 nitrogen and oxygen atoms in total. The van der Waals surface area contributed by atoms with Crippen LogP contribution in [0.2, 0.25) is 0 Å². The zero-order chi connectivity index (χ0) is 31.6. The van der Waals surface area contributed by atoms with E-state index in [1.54, 1.807) is 36.4 Å². The molecule has 5 aromatic rings. The summed E-state index contributed by atoms with van der Waals surface area (Å²) in [5, 5.41) is 5.52. The van der Waals surface area contributed by atoms with Crippen LogP contribution in [0.4, 0.5) is 0 Å². The molecule has 0 aliphatic rings. The van der Waals surface area contributed by atoms with Crippen LogP contribution < -0.4 is 0 Å². The molecule has 4 aromatic carbocycles. The third-order valence-electron chi connectivity index (χ3n) is 7.35. The number of aromatic nitrogens is 1. The van der Waals surface area contributed by atoms with Gasteiger partial charge in [-0.05, 0) is 86.8 Å². The van der Waals surface area contributed by atoms with E-state index in [0.717, 1.165) is 50.6 Å². The molecule has 0 fully saturated rings. The first-order valence-corrected chi connectivity index (χ1v) is 15.8. The molecule has 0 aliphatic heterocycles. The van der Waals surface area contributed by atoms with E-state index in [2.05, 4.69) is 5.16 Å². The molecular formula is C35H34N2O6S. The molecule has 0 bridgehead atoms. The van der Waals surface area contributed by atoms with Crippen molar-refractivity contribution in [2.45, 2.75) is 50.8 Å². The van der Waals surface area contributed by atoms with Gasteiger partial charge in [-0.15, -0.1) is 0 Å². The average molecular weight is 611 g/mol. The summed E-state index contributed by atoms with van der Waals surface area (Å²) >= 11 is 0. The smallest absolute Gasteiger partial charge is 0.331 e. The van der Waals surface area contributed by atoms with Gasteiger partial charge in [-0.25, -0.2) is 13.2 Å². The van der Waals surface area contributed by atoms with Crippen molar-refractivity contribution in [3.63, 3.8) is 0 Å². The Morgan fingerprint density at radius 1 is 0.841 bits per heavy atom. The van der Waals surface area contributed by atoms with Crippen LogP contribution in [0.25, 0.3) is 27.5 Å². The van der Waals surface area contributed by atoms with Crippen molar-refractivity contribution in [1.82, 2.24) is 4.57 Å². The van der Waals surface area contributed by atoms with Crippen LogP contribution in [0.1, 0.15) is 47.3 Å². The number of fused-ring (bicyclic) bond motifs is 3. The van der Waals surface area contributed by atoms with Crippen LogP contribution in [0, 0.1) is 20.8 Å². The number of rotatable bonds is 10. The summed E-state index contributed by atoms with van der Waals surface area (Å²) in [7, 11) is -3.73. The van der Waals surface area contributed by atoms with E-state index in [4.69, 9.17) is 9.57 Å². The lowest BCUT2D eigenvalue weighted by Crippen LogP contribution is -2.21. The third kappa shape index (κ3) is 5.93. The Bertz CT molecular complexity index is 2020. The van der Waals surface area contributed by atoms with E-state index in [-0.39, 0.29) is 17.2 Å². The molecule has 0 amide bonds. The van der Waals surface area contributed by atoms with E-state index < -0.39 is 21.6 Å². The standard InChI is InChI=1S/C35H34N2O6S/c1-6-17-42-21-31(36-43-25(5)38)34(39)26-11-16-33-30(20-26)29-9-7-8-10-32(29)37(33)27-12-14-28(15-13-27)44(40,41)35-23(3)18-22(2)19-24(35)4/h7-16,18-20H,6,17,21H2,1-5H3.